The van der Waals surface area contributed by atoms with Gasteiger partial charge in [0.15, 0.2) is 0 Å². The van der Waals surface area contributed by atoms with Crippen molar-refractivity contribution in [3.05, 3.63) is 29.8 Å². The lowest BCUT2D eigenvalue weighted by Crippen LogP contribution is -2.28. The summed E-state index contributed by atoms with van der Waals surface area (Å²) in [6.45, 7) is 4.56. The fourth-order valence-electron chi connectivity index (χ4n) is 1.53. The first-order valence-corrected chi connectivity index (χ1v) is 7.71. The van der Waals surface area contributed by atoms with Crippen LogP contribution in [0.5, 0.6) is 0 Å². The number of hydrogen-bond donors (Lipinski definition) is 1. The smallest absolute Gasteiger partial charge is 0.339 e. The first kappa shape index (κ1) is 17.5. The van der Waals surface area contributed by atoms with Gasteiger partial charge in [0.05, 0.1) is 24.0 Å². The number of benzene rings is 1. The van der Waals surface area contributed by atoms with Crippen LogP contribution in [0.25, 0.3) is 0 Å². The van der Waals surface area contributed by atoms with Crippen LogP contribution in [0, 0.1) is 0 Å². The summed E-state index contributed by atoms with van der Waals surface area (Å²) in [7, 11) is 1.58. The molecule has 1 aromatic carbocycles. The second-order valence-electron chi connectivity index (χ2n) is 4.58. The Balaban J connectivity index is 2.59. The summed E-state index contributed by atoms with van der Waals surface area (Å²) >= 11 is 1.31. The van der Waals surface area contributed by atoms with Gasteiger partial charge in [0.25, 0.3) is 0 Å². The van der Waals surface area contributed by atoms with Crippen LogP contribution in [0.2, 0.25) is 0 Å². The van der Waals surface area contributed by atoms with E-state index in [0.29, 0.717) is 18.7 Å². The molecule has 0 saturated heterocycles. The number of rotatable bonds is 8. The maximum absolute atomic E-state index is 12.0. The molecule has 0 fully saturated rings. The average molecular weight is 311 g/mol. The van der Waals surface area contributed by atoms with Gasteiger partial charge in [-0.2, -0.15) is 0 Å². The standard InChI is InChI=1S/C15H21NO4S/c1-11(2)20-15(18)12-6-4-5-7-13(12)21-10-14(17)16-8-9-19-3/h4-7,11H,8-10H2,1-3H3,(H,16,17). The second kappa shape index (κ2) is 9.41. The van der Waals surface area contributed by atoms with Crippen LogP contribution in [-0.4, -0.2) is 44.0 Å². The Labute approximate surface area is 129 Å². The maximum atomic E-state index is 12.0. The molecule has 1 aromatic rings. The largest absolute Gasteiger partial charge is 0.459 e. The summed E-state index contributed by atoms with van der Waals surface area (Å²) < 4.78 is 10.1. The summed E-state index contributed by atoms with van der Waals surface area (Å²) in [5.74, 6) is -0.215. The molecule has 0 radical (unpaired) electrons. The highest BCUT2D eigenvalue weighted by Gasteiger charge is 2.14. The van der Waals surface area contributed by atoms with E-state index in [2.05, 4.69) is 5.32 Å². The van der Waals surface area contributed by atoms with Crippen LogP contribution < -0.4 is 5.32 Å². The number of hydrogen-bond acceptors (Lipinski definition) is 5. The molecule has 0 heterocycles. The van der Waals surface area contributed by atoms with Crippen molar-refractivity contribution < 1.29 is 19.1 Å². The number of ether oxygens (including phenoxy) is 2. The number of methoxy groups -OCH3 is 1. The van der Waals surface area contributed by atoms with Crippen molar-refractivity contribution in [3.63, 3.8) is 0 Å². The van der Waals surface area contributed by atoms with E-state index in [9.17, 15) is 9.59 Å². The predicted octanol–water partition coefficient (Wildman–Crippen LogP) is 2.11. The third-order valence-corrected chi connectivity index (χ3v) is 3.51. The van der Waals surface area contributed by atoms with Gasteiger partial charge in [-0.25, -0.2) is 4.79 Å². The zero-order chi connectivity index (χ0) is 15.7. The van der Waals surface area contributed by atoms with Gasteiger partial charge in [0.2, 0.25) is 5.91 Å². The summed E-state index contributed by atoms with van der Waals surface area (Å²) in [5, 5.41) is 2.73. The number of esters is 1. The van der Waals surface area contributed by atoms with Crippen molar-refractivity contribution >= 4 is 23.6 Å². The lowest BCUT2D eigenvalue weighted by Gasteiger charge is -2.11. The minimum absolute atomic E-state index is 0.0934. The van der Waals surface area contributed by atoms with Gasteiger partial charge >= 0.3 is 5.97 Å². The molecule has 1 amide bonds. The zero-order valence-corrected chi connectivity index (χ0v) is 13.4. The van der Waals surface area contributed by atoms with Crippen LogP contribution in [0.3, 0.4) is 0 Å². The molecule has 0 atom stereocenters. The van der Waals surface area contributed by atoms with Gasteiger partial charge < -0.3 is 14.8 Å². The van der Waals surface area contributed by atoms with Crippen LogP contribution in [0.4, 0.5) is 0 Å². The highest BCUT2D eigenvalue weighted by Crippen LogP contribution is 2.23. The SMILES string of the molecule is COCCNC(=O)CSc1ccccc1C(=O)OC(C)C. The van der Waals surface area contributed by atoms with Crippen LogP contribution in [0.1, 0.15) is 24.2 Å². The third-order valence-electron chi connectivity index (χ3n) is 2.44. The van der Waals surface area contributed by atoms with E-state index in [1.165, 1.54) is 11.8 Å². The molecule has 21 heavy (non-hydrogen) atoms. The van der Waals surface area contributed by atoms with E-state index in [1.54, 1.807) is 33.1 Å². The van der Waals surface area contributed by atoms with Crippen molar-refractivity contribution in [1.29, 1.82) is 0 Å². The van der Waals surface area contributed by atoms with E-state index < -0.39 is 0 Å². The van der Waals surface area contributed by atoms with Gasteiger partial charge in [-0.1, -0.05) is 12.1 Å². The molecule has 0 aliphatic carbocycles. The Bertz CT molecular complexity index is 476. The quantitative estimate of drug-likeness (QED) is 0.452. The summed E-state index contributed by atoms with van der Waals surface area (Å²) in [6.07, 6.45) is -0.173. The number of thioether (sulfide) groups is 1. The molecule has 0 aromatic heterocycles. The van der Waals surface area contributed by atoms with Crippen LogP contribution in [0.15, 0.2) is 29.2 Å². The molecule has 116 valence electrons. The van der Waals surface area contributed by atoms with Crippen molar-refractivity contribution in [2.75, 3.05) is 26.0 Å². The number of amides is 1. The Morgan fingerprint density at radius 2 is 2.00 bits per heavy atom. The second-order valence-corrected chi connectivity index (χ2v) is 5.60. The number of carbonyl (C=O) groups excluding carboxylic acids is 2. The minimum atomic E-state index is -0.368. The molecule has 1 N–H and O–H groups in total. The highest BCUT2D eigenvalue weighted by atomic mass is 32.2. The Morgan fingerprint density at radius 3 is 2.67 bits per heavy atom. The molecular weight excluding hydrogens is 290 g/mol. The first-order valence-electron chi connectivity index (χ1n) is 6.73. The number of nitrogens with one attached hydrogen (secondary N) is 1. The minimum Gasteiger partial charge on any atom is -0.459 e. The van der Waals surface area contributed by atoms with Crippen molar-refractivity contribution in [3.8, 4) is 0 Å². The van der Waals surface area contributed by atoms with Gasteiger partial charge in [-0.05, 0) is 26.0 Å². The van der Waals surface area contributed by atoms with Crippen molar-refractivity contribution in [2.24, 2.45) is 0 Å². The predicted molar refractivity (Wildman–Crippen MR) is 82.6 cm³/mol. The Hall–Kier alpha value is -1.53. The molecular formula is C15H21NO4S. The van der Waals surface area contributed by atoms with Crippen molar-refractivity contribution in [2.45, 2.75) is 24.8 Å². The van der Waals surface area contributed by atoms with E-state index >= 15 is 0 Å². The maximum Gasteiger partial charge on any atom is 0.339 e. The Kier molecular flexibility index (Phi) is 7.85. The lowest BCUT2D eigenvalue weighted by molar-refractivity contribution is -0.118. The molecule has 6 heteroatoms. The monoisotopic (exact) mass is 311 g/mol. The fourth-order valence-corrected chi connectivity index (χ4v) is 2.40. The van der Waals surface area contributed by atoms with Gasteiger partial charge in [-0.15, -0.1) is 11.8 Å². The van der Waals surface area contributed by atoms with Gasteiger partial charge in [-0.3, -0.25) is 4.79 Å². The number of carbonyl (C=O) groups is 2. The van der Waals surface area contributed by atoms with Gasteiger partial charge in [0, 0.05) is 18.6 Å². The molecule has 0 aliphatic heterocycles. The topological polar surface area (TPSA) is 64.6 Å². The fraction of sp³-hybridized carbons (Fsp3) is 0.467. The molecule has 0 aliphatic rings. The average Bonchev–Trinajstić information content (AvgIpc) is 2.45. The molecule has 0 unspecified atom stereocenters. The van der Waals surface area contributed by atoms with E-state index in [0.717, 1.165) is 4.90 Å². The van der Waals surface area contributed by atoms with E-state index in [1.807, 2.05) is 12.1 Å². The highest BCUT2D eigenvalue weighted by molar-refractivity contribution is 8.00. The summed E-state index contributed by atoms with van der Waals surface area (Å²) in [6, 6.07) is 7.12. The summed E-state index contributed by atoms with van der Waals surface area (Å²) in [4.78, 5) is 24.4. The third kappa shape index (κ3) is 6.64. The van der Waals surface area contributed by atoms with E-state index in [4.69, 9.17) is 9.47 Å². The van der Waals surface area contributed by atoms with E-state index in [-0.39, 0.29) is 23.7 Å². The lowest BCUT2D eigenvalue weighted by atomic mass is 10.2. The first-order chi connectivity index (χ1) is 10.0. The Morgan fingerprint density at radius 1 is 1.29 bits per heavy atom. The summed E-state index contributed by atoms with van der Waals surface area (Å²) in [5.41, 5.74) is 0.487. The normalized spacial score (nSPS) is 10.5. The molecule has 0 bridgehead atoms. The van der Waals surface area contributed by atoms with Crippen LogP contribution >= 0.6 is 11.8 Å². The molecule has 0 saturated carbocycles. The molecule has 5 nitrogen and oxygen atoms in total. The zero-order valence-electron chi connectivity index (χ0n) is 12.5. The van der Waals surface area contributed by atoms with Crippen molar-refractivity contribution in [1.82, 2.24) is 5.32 Å². The molecule has 0 spiro atoms. The molecule has 1 rings (SSSR count). The van der Waals surface area contributed by atoms with Crippen LogP contribution in [-0.2, 0) is 14.3 Å². The van der Waals surface area contributed by atoms with Gasteiger partial charge in [0.1, 0.15) is 0 Å².